The molecule has 0 saturated carbocycles. The van der Waals surface area contributed by atoms with Crippen molar-refractivity contribution in [2.45, 2.75) is 13.8 Å². The van der Waals surface area contributed by atoms with Crippen molar-refractivity contribution in [3.63, 3.8) is 0 Å². The van der Waals surface area contributed by atoms with Crippen molar-refractivity contribution in [1.29, 1.82) is 0 Å². The maximum absolute atomic E-state index is 12.8. The lowest BCUT2D eigenvalue weighted by atomic mass is 10.1. The van der Waals surface area contributed by atoms with Crippen molar-refractivity contribution >= 4 is 23.5 Å². The summed E-state index contributed by atoms with van der Waals surface area (Å²) in [5.41, 5.74) is 6.95. The van der Waals surface area contributed by atoms with Crippen LogP contribution < -0.4 is 10.6 Å². The predicted molar refractivity (Wildman–Crippen MR) is 94.7 cm³/mol. The first kappa shape index (κ1) is 18.2. The second-order valence-electron chi connectivity index (χ2n) is 5.26. The quantitative estimate of drug-likeness (QED) is 0.819. The fourth-order valence-electron chi connectivity index (χ4n) is 2.39. The number of nitrogens with zero attached hydrogens (tertiary/aromatic N) is 1. The number of esters is 1. The fourth-order valence-corrected chi connectivity index (χ4v) is 2.39. The van der Waals surface area contributed by atoms with E-state index in [0.29, 0.717) is 28.9 Å². The molecule has 0 bridgehead atoms. The number of benzene rings is 2. The highest BCUT2D eigenvalue weighted by Gasteiger charge is 2.18. The molecule has 2 amide bonds. The van der Waals surface area contributed by atoms with Gasteiger partial charge in [0.1, 0.15) is 0 Å². The summed E-state index contributed by atoms with van der Waals surface area (Å²) < 4.78 is 4.99. The second-order valence-corrected chi connectivity index (χ2v) is 5.26. The molecule has 2 aromatic carbocycles. The number of hydrogen-bond acceptors (Lipinski definition) is 4. The number of carbonyl (C=O) groups excluding carboxylic acids is 3. The largest absolute Gasteiger partial charge is 0.462 e. The molecule has 0 unspecified atom stereocenters. The number of ether oxygens (including phenoxy) is 1. The van der Waals surface area contributed by atoms with Gasteiger partial charge in [-0.3, -0.25) is 9.59 Å². The fraction of sp³-hybridized carbons (Fsp3) is 0.211. The Labute approximate surface area is 146 Å². The minimum absolute atomic E-state index is 0.237. The Bertz CT molecular complexity index is 784. The molecule has 2 aromatic rings. The lowest BCUT2D eigenvalue weighted by Gasteiger charge is -2.21. The summed E-state index contributed by atoms with van der Waals surface area (Å²) in [6, 6.07) is 12.9. The Hall–Kier alpha value is -3.15. The molecule has 6 heteroatoms. The van der Waals surface area contributed by atoms with Gasteiger partial charge < -0.3 is 15.4 Å². The standard InChI is InChI=1S/C19H20N2O4/c1-3-21(16-7-5-6-15(12-16)19(24)25-4-2)18(23)14-10-8-13(9-11-14)17(20)22/h5-12H,3-4H2,1-2H3,(H2,20,22). The molecule has 25 heavy (non-hydrogen) atoms. The third kappa shape index (κ3) is 4.23. The van der Waals surface area contributed by atoms with Crippen molar-refractivity contribution in [1.82, 2.24) is 0 Å². The van der Waals surface area contributed by atoms with E-state index in [4.69, 9.17) is 10.5 Å². The van der Waals surface area contributed by atoms with Crippen molar-refractivity contribution in [2.75, 3.05) is 18.1 Å². The summed E-state index contributed by atoms with van der Waals surface area (Å²) in [4.78, 5) is 37.3. The average molecular weight is 340 g/mol. The highest BCUT2D eigenvalue weighted by Crippen LogP contribution is 2.20. The second kappa shape index (κ2) is 8.10. The summed E-state index contributed by atoms with van der Waals surface area (Å²) in [6.45, 7) is 4.28. The molecule has 0 saturated heterocycles. The Morgan fingerprint density at radius 2 is 1.60 bits per heavy atom. The number of primary amides is 1. The van der Waals surface area contributed by atoms with Gasteiger partial charge in [0, 0.05) is 23.4 Å². The van der Waals surface area contributed by atoms with Crippen molar-refractivity contribution in [2.24, 2.45) is 5.73 Å². The Morgan fingerprint density at radius 3 is 2.16 bits per heavy atom. The first-order chi connectivity index (χ1) is 12.0. The highest BCUT2D eigenvalue weighted by molar-refractivity contribution is 6.07. The van der Waals surface area contributed by atoms with Crippen LogP contribution in [0, 0.1) is 0 Å². The van der Waals surface area contributed by atoms with Gasteiger partial charge in [0.2, 0.25) is 5.91 Å². The van der Waals surface area contributed by atoms with E-state index in [1.54, 1.807) is 48.2 Å². The highest BCUT2D eigenvalue weighted by atomic mass is 16.5. The van der Waals surface area contributed by atoms with E-state index in [-0.39, 0.29) is 12.5 Å². The lowest BCUT2D eigenvalue weighted by molar-refractivity contribution is 0.0526. The van der Waals surface area contributed by atoms with Crippen molar-refractivity contribution in [3.8, 4) is 0 Å². The van der Waals surface area contributed by atoms with Gasteiger partial charge in [0.15, 0.2) is 0 Å². The minimum Gasteiger partial charge on any atom is -0.462 e. The topological polar surface area (TPSA) is 89.7 Å². The SMILES string of the molecule is CCOC(=O)c1cccc(N(CC)C(=O)c2ccc(C(N)=O)cc2)c1. The third-order valence-electron chi connectivity index (χ3n) is 3.65. The molecule has 2 rings (SSSR count). The van der Waals surface area contributed by atoms with Gasteiger partial charge in [-0.25, -0.2) is 4.79 Å². The zero-order valence-corrected chi connectivity index (χ0v) is 14.2. The molecular weight excluding hydrogens is 320 g/mol. The molecule has 0 spiro atoms. The van der Waals surface area contributed by atoms with Crippen LogP contribution in [0.15, 0.2) is 48.5 Å². The van der Waals surface area contributed by atoms with Crippen LogP contribution in [-0.2, 0) is 4.74 Å². The smallest absolute Gasteiger partial charge is 0.338 e. The van der Waals surface area contributed by atoms with Crippen LogP contribution in [0.25, 0.3) is 0 Å². The van der Waals surface area contributed by atoms with Crippen LogP contribution in [0.1, 0.15) is 44.9 Å². The van der Waals surface area contributed by atoms with Crippen LogP contribution in [-0.4, -0.2) is 30.9 Å². The molecule has 0 aliphatic carbocycles. The monoisotopic (exact) mass is 340 g/mol. The molecule has 2 N–H and O–H groups in total. The molecule has 130 valence electrons. The number of rotatable bonds is 6. The summed E-state index contributed by atoms with van der Waals surface area (Å²) in [5, 5.41) is 0. The lowest BCUT2D eigenvalue weighted by Crippen LogP contribution is -2.30. The first-order valence-corrected chi connectivity index (χ1v) is 7.96. The first-order valence-electron chi connectivity index (χ1n) is 7.96. The van der Waals surface area contributed by atoms with Gasteiger partial charge >= 0.3 is 5.97 Å². The Morgan fingerprint density at radius 1 is 0.960 bits per heavy atom. The summed E-state index contributed by atoms with van der Waals surface area (Å²) in [5.74, 6) is -1.22. The van der Waals surface area contributed by atoms with Crippen LogP contribution in [0.3, 0.4) is 0 Å². The van der Waals surface area contributed by atoms with Crippen molar-refractivity contribution in [3.05, 3.63) is 65.2 Å². The van der Waals surface area contributed by atoms with E-state index >= 15 is 0 Å². The van der Waals surface area contributed by atoms with E-state index in [1.807, 2.05) is 6.92 Å². The summed E-state index contributed by atoms with van der Waals surface area (Å²) >= 11 is 0. The Kier molecular flexibility index (Phi) is 5.89. The molecule has 0 fully saturated rings. The molecule has 0 atom stereocenters. The molecule has 0 heterocycles. The molecule has 0 radical (unpaired) electrons. The third-order valence-corrected chi connectivity index (χ3v) is 3.65. The average Bonchev–Trinajstić information content (AvgIpc) is 2.63. The van der Waals surface area contributed by atoms with Crippen molar-refractivity contribution < 1.29 is 19.1 Å². The molecule has 0 aliphatic heterocycles. The molecule has 6 nitrogen and oxygen atoms in total. The normalized spacial score (nSPS) is 10.2. The van der Waals surface area contributed by atoms with Crippen LogP contribution in [0.5, 0.6) is 0 Å². The predicted octanol–water partition coefficient (Wildman–Crippen LogP) is 2.63. The van der Waals surface area contributed by atoms with E-state index in [1.165, 1.54) is 12.1 Å². The minimum atomic E-state index is -0.548. The van der Waals surface area contributed by atoms with Gasteiger partial charge in [-0.1, -0.05) is 6.07 Å². The summed E-state index contributed by atoms with van der Waals surface area (Å²) in [6.07, 6.45) is 0. The number of anilines is 1. The van der Waals surface area contributed by atoms with Crippen LogP contribution in [0.4, 0.5) is 5.69 Å². The zero-order chi connectivity index (χ0) is 18.4. The summed E-state index contributed by atoms with van der Waals surface area (Å²) in [7, 11) is 0. The van der Waals surface area contributed by atoms with E-state index in [0.717, 1.165) is 0 Å². The van der Waals surface area contributed by atoms with Gasteiger partial charge in [-0.05, 0) is 56.3 Å². The number of amides is 2. The van der Waals surface area contributed by atoms with Gasteiger partial charge in [0.05, 0.1) is 12.2 Å². The van der Waals surface area contributed by atoms with Crippen LogP contribution >= 0.6 is 0 Å². The van der Waals surface area contributed by atoms with E-state index in [2.05, 4.69) is 0 Å². The molecular formula is C19H20N2O4. The maximum atomic E-state index is 12.8. The maximum Gasteiger partial charge on any atom is 0.338 e. The molecule has 0 aromatic heterocycles. The Balaban J connectivity index is 2.29. The van der Waals surface area contributed by atoms with Crippen LogP contribution in [0.2, 0.25) is 0 Å². The van der Waals surface area contributed by atoms with Gasteiger partial charge in [-0.15, -0.1) is 0 Å². The zero-order valence-electron chi connectivity index (χ0n) is 14.2. The van der Waals surface area contributed by atoms with E-state index in [9.17, 15) is 14.4 Å². The number of hydrogen-bond donors (Lipinski definition) is 1. The number of nitrogens with two attached hydrogens (primary N) is 1. The molecule has 0 aliphatic rings. The van der Waals surface area contributed by atoms with E-state index < -0.39 is 11.9 Å². The van der Waals surface area contributed by atoms with Gasteiger partial charge in [0.25, 0.3) is 5.91 Å². The number of carbonyl (C=O) groups is 3. The van der Waals surface area contributed by atoms with Gasteiger partial charge in [-0.2, -0.15) is 0 Å².